The molecular formula is C13H17ClO3. The minimum Gasteiger partial charge on any atom is -0.496 e. The predicted molar refractivity (Wildman–Crippen MR) is 69.6 cm³/mol. The molecule has 0 bridgehead atoms. The van der Waals surface area contributed by atoms with E-state index in [9.17, 15) is 0 Å². The molecule has 1 rings (SSSR count). The first-order valence-corrected chi connectivity index (χ1v) is 5.83. The summed E-state index contributed by atoms with van der Waals surface area (Å²) in [7, 11) is 3.24. The van der Waals surface area contributed by atoms with Gasteiger partial charge in [0.2, 0.25) is 0 Å². The molecule has 17 heavy (non-hydrogen) atoms. The van der Waals surface area contributed by atoms with E-state index in [1.54, 1.807) is 14.2 Å². The summed E-state index contributed by atoms with van der Waals surface area (Å²) in [4.78, 5) is 0. The van der Waals surface area contributed by atoms with E-state index in [0.717, 1.165) is 11.3 Å². The second-order valence-electron chi connectivity index (χ2n) is 3.36. The molecule has 0 heterocycles. The van der Waals surface area contributed by atoms with E-state index < -0.39 is 0 Å². The molecule has 0 aromatic heterocycles. The van der Waals surface area contributed by atoms with Gasteiger partial charge in [-0.1, -0.05) is 12.2 Å². The number of halogens is 1. The molecule has 0 amide bonds. The monoisotopic (exact) mass is 256 g/mol. The first-order valence-electron chi connectivity index (χ1n) is 5.30. The summed E-state index contributed by atoms with van der Waals surface area (Å²) in [5, 5.41) is 0. The van der Waals surface area contributed by atoms with Crippen LogP contribution in [0.25, 0.3) is 0 Å². The highest BCUT2D eigenvalue weighted by molar-refractivity contribution is 6.18. The van der Waals surface area contributed by atoms with Crippen molar-refractivity contribution in [3.63, 3.8) is 0 Å². The van der Waals surface area contributed by atoms with E-state index in [2.05, 4.69) is 0 Å². The molecule has 0 aliphatic rings. The maximum Gasteiger partial charge on any atom is 0.167 e. The number of hydrogen-bond acceptors (Lipinski definition) is 3. The minimum absolute atomic E-state index is 0.467. The van der Waals surface area contributed by atoms with Gasteiger partial charge in [0.1, 0.15) is 12.4 Å². The van der Waals surface area contributed by atoms with Gasteiger partial charge in [-0.25, -0.2) is 0 Å². The van der Waals surface area contributed by atoms with Gasteiger partial charge in [-0.05, 0) is 19.1 Å². The van der Waals surface area contributed by atoms with Crippen LogP contribution < -0.4 is 14.2 Å². The molecule has 0 atom stereocenters. The van der Waals surface area contributed by atoms with Gasteiger partial charge in [0.05, 0.1) is 14.2 Å². The summed E-state index contributed by atoms with van der Waals surface area (Å²) in [5.74, 6) is 2.67. The van der Waals surface area contributed by atoms with Crippen molar-refractivity contribution in [2.24, 2.45) is 0 Å². The molecule has 0 fully saturated rings. The summed E-state index contributed by atoms with van der Waals surface area (Å²) >= 11 is 5.52. The minimum atomic E-state index is 0.467. The standard InChI is InChI=1S/C13H17ClO3/c1-10-11(15-2)6-7-12(13(10)16-3)17-9-5-4-8-14/h4-7H,8-9H2,1-3H3. The number of methoxy groups -OCH3 is 2. The molecule has 0 N–H and O–H groups in total. The van der Waals surface area contributed by atoms with Crippen molar-refractivity contribution in [1.29, 1.82) is 0 Å². The Balaban J connectivity index is 2.85. The van der Waals surface area contributed by atoms with E-state index in [0.29, 0.717) is 24.0 Å². The van der Waals surface area contributed by atoms with Gasteiger partial charge >= 0.3 is 0 Å². The number of ether oxygens (including phenoxy) is 3. The molecule has 0 saturated carbocycles. The summed E-state index contributed by atoms with van der Waals surface area (Å²) in [6, 6.07) is 3.69. The molecule has 0 radical (unpaired) electrons. The Morgan fingerprint density at radius 3 is 2.41 bits per heavy atom. The highest BCUT2D eigenvalue weighted by Gasteiger charge is 2.11. The average Bonchev–Trinajstić information content (AvgIpc) is 2.35. The van der Waals surface area contributed by atoms with E-state index in [4.69, 9.17) is 25.8 Å². The van der Waals surface area contributed by atoms with Gasteiger partial charge in [-0.2, -0.15) is 0 Å². The predicted octanol–water partition coefficient (Wildman–Crippen LogP) is 3.19. The fourth-order valence-electron chi connectivity index (χ4n) is 1.51. The second-order valence-corrected chi connectivity index (χ2v) is 3.67. The third-order valence-electron chi connectivity index (χ3n) is 2.33. The number of alkyl halides is 1. The lowest BCUT2D eigenvalue weighted by atomic mass is 10.2. The summed E-state index contributed by atoms with van der Waals surface area (Å²) in [5.41, 5.74) is 0.925. The lowest BCUT2D eigenvalue weighted by Gasteiger charge is -2.14. The Kier molecular flexibility index (Phi) is 5.70. The third kappa shape index (κ3) is 3.56. The Labute approximate surface area is 107 Å². The van der Waals surface area contributed by atoms with Gasteiger partial charge < -0.3 is 14.2 Å². The quantitative estimate of drug-likeness (QED) is 0.578. The van der Waals surface area contributed by atoms with Crippen LogP contribution in [0.5, 0.6) is 17.2 Å². The first-order chi connectivity index (χ1) is 8.24. The summed E-state index contributed by atoms with van der Waals surface area (Å²) in [6.07, 6.45) is 3.70. The molecule has 0 spiro atoms. The highest BCUT2D eigenvalue weighted by atomic mass is 35.5. The average molecular weight is 257 g/mol. The Morgan fingerprint density at radius 2 is 1.82 bits per heavy atom. The van der Waals surface area contributed by atoms with Crippen LogP contribution in [0.3, 0.4) is 0 Å². The zero-order chi connectivity index (χ0) is 12.7. The molecule has 0 unspecified atom stereocenters. The van der Waals surface area contributed by atoms with Crippen LogP contribution in [-0.2, 0) is 0 Å². The van der Waals surface area contributed by atoms with E-state index in [1.165, 1.54) is 0 Å². The number of rotatable bonds is 6. The summed E-state index contributed by atoms with van der Waals surface area (Å²) in [6.45, 7) is 2.40. The maximum atomic E-state index is 5.58. The SMILES string of the molecule is COc1ccc(OCC=CCCl)c(OC)c1C. The zero-order valence-corrected chi connectivity index (χ0v) is 11.1. The van der Waals surface area contributed by atoms with Crippen LogP contribution in [0.2, 0.25) is 0 Å². The molecule has 3 nitrogen and oxygen atoms in total. The normalized spacial score (nSPS) is 10.6. The Bertz CT molecular complexity index is 388. The lowest BCUT2D eigenvalue weighted by molar-refractivity contribution is 0.321. The van der Waals surface area contributed by atoms with Crippen molar-refractivity contribution >= 4 is 11.6 Å². The fourth-order valence-corrected chi connectivity index (χ4v) is 1.63. The Hall–Kier alpha value is -1.35. The molecule has 0 aliphatic carbocycles. The first kappa shape index (κ1) is 13.7. The molecule has 0 aliphatic heterocycles. The van der Waals surface area contributed by atoms with Crippen LogP contribution in [0, 0.1) is 6.92 Å². The van der Waals surface area contributed by atoms with Gasteiger partial charge in [0, 0.05) is 11.4 Å². The van der Waals surface area contributed by atoms with Crippen molar-refractivity contribution in [2.75, 3.05) is 26.7 Å². The highest BCUT2D eigenvalue weighted by Crippen LogP contribution is 2.36. The maximum absolute atomic E-state index is 5.58. The van der Waals surface area contributed by atoms with Gasteiger partial charge in [-0.3, -0.25) is 0 Å². The van der Waals surface area contributed by atoms with Crippen LogP contribution in [0.4, 0.5) is 0 Å². The summed E-state index contributed by atoms with van der Waals surface area (Å²) < 4.78 is 16.1. The molecular weight excluding hydrogens is 240 g/mol. The molecule has 0 saturated heterocycles. The smallest absolute Gasteiger partial charge is 0.167 e. The topological polar surface area (TPSA) is 27.7 Å². The van der Waals surface area contributed by atoms with Crippen LogP contribution in [0.15, 0.2) is 24.3 Å². The second kappa shape index (κ2) is 7.07. The molecule has 1 aromatic carbocycles. The van der Waals surface area contributed by atoms with Crippen LogP contribution in [-0.4, -0.2) is 26.7 Å². The fraction of sp³-hybridized carbons (Fsp3) is 0.385. The van der Waals surface area contributed by atoms with Gasteiger partial charge in [0.15, 0.2) is 11.5 Å². The van der Waals surface area contributed by atoms with Gasteiger partial charge in [0.25, 0.3) is 0 Å². The van der Waals surface area contributed by atoms with Crippen LogP contribution in [0.1, 0.15) is 5.56 Å². The number of allylic oxidation sites excluding steroid dienone is 1. The lowest BCUT2D eigenvalue weighted by Crippen LogP contribution is -1.99. The largest absolute Gasteiger partial charge is 0.496 e. The molecule has 1 aromatic rings. The molecule has 4 heteroatoms. The third-order valence-corrected chi connectivity index (χ3v) is 2.51. The Morgan fingerprint density at radius 1 is 1.12 bits per heavy atom. The van der Waals surface area contributed by atoms with Crippen molar-refractivity contribution in [3.8, 4) is 17.2 Å². The van der Waals surface area contributed by atoms with E-state index in [-0.39, 0.29) is 0 Å². The van der Waals surface area contributed by atoms with Crippen LogP contribution >= 0.6 is 11.6 Å². The zero-order valence-electron chi connectivity index (χ0n) is 10.3. The van der Waals surface area contributed by atoms with Crippen molar-refractivity contribution in [1.82, 2.24) is 0 Å². The van der Waals surface area contributed by atoms with Gasteiger partial charge in [-0.15, -0.1) is 11.6 Å². The van der Waals surface area contributed by atoms with Crippen molar-refractivity contribution < 1.29 is 14.2 Å². The van der Waals surface area contributed by atoms with E-state index in [1.807, 2.05) is 31.2 Å². The number of benzene rings is 1. The van der Waals surface area contributed by atoms with Crippen molar-refractivity contribution in [2.45, 2.75) is 6.92 Å². The van der Waals surface area contributed by atoms with Crippen molar-refractivity contribution in [3.05, 3.63) is 29.8 Å². The number of hydrogen-bond donors (Lipinski definition) is 0. The molecule has 94 valence electrons. The van der Waals surface area contributed by atoms with E-state index >= 15 is 0 Å².